The van der Waals surface area contributed by atoms with Crippen molar-refractivity contribution < 1.29 is 9.84 Å². The zero-order valence-electron chi connectivity index (χ0n) is 12.7. The van der Waals surface area contributed by atoms with Crippen molar-refractivity contribution in [3.8, 4) is 0 Å². The molecule has 20 heavy (non-hydrogen) atoms. The number of hydrogen-bond donors (Lipinski definition) is 2. The van der Waals surface area contributed by atoms with Crippen LogP contribution in [0.1, 0.15) is 50.3 Å². The van der Waals surface area contributed by atoms with E-state index >= 15 is 0 Å². The predicted molar refractivity (Wildman–Crippen MR) is 81.9 cm³/mol. The van der Waals surface area contributed by atoms with Gasteiger partial charge in [-0.1, -0.05) is 31.2 Å². The van der Waals surface area contributed by atoms with Crippen molar-refractivity contribution in [3.63, 3.8) is 0 Å². The minimum Gasteiger partial charge on any atom is -0.386 e. The van der Waals surface area contributed by atoms with E-state index in [0.29, 0.717) is 13.2 Å². The maximum Gasteiger partial charge on any atom is 0.0975 e. The summed E-state index contributed by atoms with van der Waals surface area (Å²) in [7, 11) is 0. The zero-order chi connectivity index (χ0) is 14.4. The molecule has 1 aliphatic rings. The highest BCUT2D eigenvalue weighted by Gasteiger charge is 2.25. The Balaban J connectivity index is 1.88. The number of nitrogens with one attached hydrogen (secondary N) is 1. The lowest BCUT2D eigenvalue weighted by Crippen LogP contribution is -2.42. The van der Waals surface area contributed by atoms with Gasteiger partial charge in [0.05, 0.1) is 18.3 Å². The molecule has 0 aromatic heterocycles. The van der Waals surface area contributed by atoms with Crippen molar-refractivity contribution in [2.75, 3.05) is 19.7 Å². The van der Waals surface area contributed by atoms with Gasteiger partial charge in [-0.2, -0.15) is 0 Å². The summed E-state index contributed by atoms with van der Waals surface area (Å²) in [4.78, 5) is 0. The van der Waals surface area contributed by atoms with Crippen LogP contribution in [-0.4, -0.2) is 30.4 Å². The molecule has 0 heterocycles. The van der Waals surface area contributed by atoms with Crippen LogP contribution in [0.5, 0.6) is 0 Å². The summed E-state index contributed by atoms with van der Waals surface area (Å²) in [6.07, 6.45) is 4.57. The molecule has 0 saturated heterocycles. The molecule has 2 rings (SSSR count). The monoisotopic (exact) mass is 277 g/mol. The maximum absolute atomic E-state index is 10.3. The van der Waals surface area contributed by atoms with E-state index < -0.39 is 5.60 Å². The number of aliphatic hydroxyl groups is 1. The Labute approximate surface area is 122 Å². The quantitative estimate of drug-likeness (QED) is 0.753. The van der Waals surface area contributed by atoms with E-state index in [1.165, 1.54) is 11.1 Å². The Hall–Kier alpha value is -0.900. The van der Waals surface area contributed by atoms with Gasteiger partial charge in [0.15, 0.2) is 0 Å². The number of hydrogen-bond acceptors (Lipinski definition) is 3. The molecule has 3 heteroatoms. The SMILES string of the molecule is CCCNCC(C)(O)COC1CCCc2ccccc21. The van der Waals surface area contributed by atoms with Crippen LogP contribution in [-0.2, 0) is 11.2 Å². The van der Waals surface area contributed by atoms with Crippen molar-refractivity contribution in [2.24, 2.45) is 0 Å². The van der Waals surface area contributed by atoms with Crippen LogP contribution >= 0.6 is 0 Å². The second-order valence-corrected chi connectivity index (χ2v) is 6.06. The largest absolute Gasteiger partial charge is 0.386 e. The van der Waals surface area contributed by atoms with E-state index in [9.17, 15) is 5.11 Å². The molecule has 0 amide bonds. The third kappa shape index (κ3) is 4.30. The third-order valence-corrected chi connectivity index (χ3v) is 3.84. The maximum atomic E-state index is 10.3. The van der Waals surface area contributed by atoms with Gasteiger partial charge in [0.25, 0.3) is 0 Å². The van der Waals surface area contributed by atoms with Crippen molar-refractivity contribution in [2.45, 2.75) is 51.2 Å². The summed E-state index contributed by atoms with van der Waals surface area (Å²) < 4.78 is 6.01. The molecule has 0 saturated carbocycles. The molecular weight excluding hydrogens is 250 g/mol. The minimum atomic E-state index is -0.804. The van der Waals surface area contributed by atoms with Gasteiger partial charge in [-0.05, 0) is 50.3 Å². The number of benzene rings is 1. The number of aryl methyl sites for hydroxylation is 1. The minimum absolute atomic E-state index is 0.137. The topological polar surface area (TPSA) is 41.5 Å². The molecular formula is C17H27NO2. The zero-order valence-corrected chi connectivity index (χ0v) is 12.7. The van der Waals surface area contributed by atoms with Gasteiger partial charge in [0, 0.05) is 6.54 Å². The summed E-state index contributed by atoms with van der Waals surface area (Å²) in [6.45, 7) is 5.85. The van der Waals surface area contributed by atoms with Crippen LogP contribution < -0.4 is 5.32 Å². The van der Waals surface area contributed by atoms with Gasteiger partial charge in [0.2, 0.25) is 0 Å². The van der Waals surface area contributed by atoms with Gasteiger partial charge in [-0.3, -0.25) is 0 Å². The number of rotatable bonds is 7. The molecule has 2 atom stereocenters. The smallest absolute Gasteiger partial charge is 0.0975 e. The van der Waals surface area contributed by atoms with Crippen LogP contribution in [0.3, 0.4) is 0 Å². The van der Waals surface area contributed by atoms with Crippen LogP contribution in [0.15, 0.2) is 24.3 Å². The molecule has 0 radical (unpaired) electrons. The second-order valence-electron chi connectivity index (χ2n) is 6.06. The Kier molecular flexibility index (Phi) is 5.58. The lowest BCUT2D eigenvalue weighted by atomic mass is 9.89. The molecule has 2 unspecified atom stereocenters. The van der Waals surface area contributed by atoms with Crippen LogP contribution in [0.4, 0.5) is 0 Å². The Bertz CT molecular complexity index is 417. The van der Waals surface area contributed by atoms with E-state index in [4.69, 9.17) is 4.74 Å². The predicted octanol–water partition coefficient (Wildman–Crippen LogP) is 2.83. The third-order valence-electron chi connectivity index (χ3n) is 3.84. The summed E-state index contributed by atoms with van der Waals surface area (Å²) >= 11 is 0. The Morgan fingerprint density at radius 1 is 1.40 bits per heavy atom. The van der Waals surface area contributed by atoms with Crippen molar-refractivity contribution in [1.82, 2.24) is 5.32 Å². The summed E-state index contributed by atoms with van der Waals surface area (Å²) in [5.41, 5.74) is 1.89. The van der Waals surface area contributed by atoms with Gasteiger partial charge >= 0.3 is 0 Å². The average molecular weight is 277 g/mol. The molecule has 0 aliphatic heterocycles. The van der Waals surface area contributed by atoms with Gasteiger partial charge in [0.1, 0.15) is 0 Å². The van der Waals surface area contributed by atoms with E-state index in [-0.39, 0.29) is 6.10 Å². The van der Waals surface area contributed by atoms with E-state index in [2.05, 4.69) is 36.5 Å². The molecule has 112 valence electrons. The van der Waals surface area contributed by atoms with Crippen molar-refractivity contribution >= 4 is 0 Å². The van der Waals surface area contributed by atoms with E-state index in [1.54, 1.807) is 0 Å². The lowest BCUT2D eigenvalue weighted by molar-refractivity contribution is -0.0669. The molecule has 0 spiro atoms. The van der Waals surface area contributed by atoms with Crippen LogP contribution in [0.25, 0.3) is 0 Å². The van der Waals surface area contributed by atoms with Gasteiger partial charge in [-0.25, -0.2) is 0 Å². The average Bonchev–Trinajstić information content (AvgIpc) is 2.45. The Morgan fingerprint density at radius 2 is 2.20 bits per heavy atom. The Morgan fingerprint density at radius 3 is 3.00 bits per heavy atom. The van der Waals surface area contributed by atoms with Crippen molar-refractivity contribution in [3.05, 3.63) is 35.4 Å². The van der Waals surface area contributed by atoms with Crippen LogP contribution in [0, 0.1) is 0 Å². The van der Waals surface area contributed by atoms with Crippen LogP contribution in [0.2, 0.25) is 0 Å². The first-order valence-electron chi connectivity index (χ1n) is 7.75. The fraction of sp³-hybridized carbons (Fsp3) is 0.647. The molecule has 1 aromatic rings. The van der Waals surface area contributed by atoms with Gasteiger partial charge in [-0.15, -0.1) is 0 Å². The van der Waals surface area contributed by atoms with E-state index in [0.717, 1.165) is 32.2 Å². The fourth-order valence-corrected chi connectivity index (χ4v) is 2.75. The first-order valence-corrected chi connectivity index (χ1v) is 7.75. The first-order chi connectivity index (χ1) is 9.62. The first kappa shape index (κ1) is 15.5. The highest BCUT2D eigenvalue weighted by Crippen LogP contribution is 2.32. The molecule has 3 nitrogen and oxygen atoms in total. The summed E-state index contributed by atoms with van der Waals surface area (Å²) in [6, 6.07) is 8.50. The van der Waals surface area contributed by atoms with Crippen molar-refractivity contribution in [1.29, 1.82) is 0 Å². The standard InChI is InChI=1S/C17H27NO2/c1-3-11-18-12-17(2,19)13-20-16-10-6-8-14-7-4-5-9-15(14)16/h4-5,7,9,16,18-19H,3,6,8,10-13H2,1-2H3. The highest BCUT2D eigenvalue weighted by molar-refractivity contribution is 5.31. The normalized spacial score (nSPS) is 21.2. The molecule has 1 aliphatic carbocycles. The highest BCUT2D eigenvalue weighted by atomic mass is 16.5. The second kappa shape index (κ2) is 7.21. The summed E-state index contributed by atoms with van der Waals surface area (Å²) in [5, 5.41) is 13.6. The molecule has 1 aromatic carbocycles. The fourth-order valence-electron chi connectivity index (χ4n) is 2.75. The van der Waals surface area contributed by atoms with E-state index in [1.807, 2.05) is 6.92 Å². The number of ether oxygens (including phenoxy) is 1. The summed E-state index contributed by atoms with van der Waals surface area (Å²) in [5.74, 6) is 0. The number of fused-ring (bicyclic) bond motifs is 1. The molecule has 0 bridgehead atoms. The molecule has 0 fully saturated rings. The van der Waals surface area contributed by atoms with Gasteiger partial charge < -0.3 is 15.2 Å². The lowest BCUT2D eigenvalue weighted by Gasteiger charge is -2.30. The molecule has 2 N–H and O–H groups in total.